The number of thiophene rings is 1. The van der Waals surface area contributed by atoms with Crippen molar-refractivity contribution in [2.45, 2.75) is 4.90 Å². The van der Waals surface area contributed by atoms with Crippen molar-refractivity contribution in [3.8, 4) is 0 Å². The molecule has 3 heterocycles. The van der Waals surface area contributed by atoms with Gasteiger partial charge in [0.25, 0.3) is 0 Å². The average Bonchev–Trinajstić information content (AvgIpc) is 2.76. The van der Waals surface area contributed by atoms with Gasteiger partial charge in [-0.3, -0.25) is 0 Å². The largest absolute Gasteiger partial charge is 0.244 e. The van der Waals surface area contributed by atoms with E-state index in [1.165, 1.54) is 15.6 Å². The van der Waals surface area contributed by atoms with Crippen molar-refractivity contribution in [1.29, 1.82) is 0 Å². The second-order valence-electron chi connectivity index (χ2n) is 5.90. The van der Waals surface area contributed by atoms with Crippen LogP contribution in [0.1, 0.15) is 0 Å². The van der Waals surface area contributed by atoms with Crippen LogP contribution in [0.25, 0.3) is 10.1 Å². The van der Waals surface area contributed by atoms with E-state index in [-0.39, 0.29) is 16.9 Å². The Balaban J connectivity index is 1.64. The first-order valence-corrected chi connectivity index (χ1v) is 10.6. The number of fused-ring (bicyclic) bond motifs is 1. The van der Waals surface area contributed by atoms with Gasteiger partial charge >= 0.3 is 0 Å². The molecule has 0 radical (unpaired) electrons. The van der Waals surface area contributed by atoms with E-state index in [0.717, 1.165) is 10.1 Å². The van der Waals surface area contributed by atoms with Crippen molar-refractivity contribution >= 4 is 41.3 Å². The number of nitrogens with zero attached hydrogens (tertiary/aromatic N) is 1. The second kappa shape index (κ2) is 4.07. The van der Waals surface area contributed by atoms with Crippen molar-refractivity contribution in [2.24, 2.45) is 5.41 Å². The van der Waals surface area contributed by atoms with Crippen LogP contribution in [0, 0.1) is 5.41 Å². The Labute approximate surface area is 127 Å². The van der Waals surface area contributed by atoms with Gasteiger partial charge in [-0.05, 0) is 6.07 Å². The van der Waals surface area contributed by atoms with E-state index in [1.807, 2.05) is 24.3 Å². The number of benzene rings is 1. The quantitative estimate of drug-likeness (QED) is 0.824. The van der Waals surface area contributed by atoms with Gasteiger partial charge in [0.1, 0.15) is 4.90 Å². The molecule has 0 aliphatic carbocycles. The van der Waals surface area contributed by atoms with Gasteiger partial charge in [0, 0.05) is 34.0 Å². The maximum absolute atomic E-state index is 12.7. The molecule has 1 aromatic heterocycles. The number of sulfonamides is 1. The Morgan fingerprint density at radius 2 is 1.81 bits per heavy atom. The van der Waals surface area contributed by atoms with E-state index in [1.54, 1.807) is 5.38 Å². The number of hydrogen-bond donors (Lipinski definition) is 0. The Kier molecular flexibility index (Phi) is 2.65. The highest BCUT2D eigenvalue weighted by molar-refractivity contribution is 7.93. The Morgan fingerprint density at radius 3 is 2.48 bits per heavy atom. The maximum atomic E-state index is 12.7. The Morgan fingerprint density at radius 1 is 1.14 bits per heavy atom. The second-order valence-corrected chi connectivity index (χ2v) is 10.8. The minimum absolute atomic E-state index is 0.121. The van der Waals surface area contributed by atoms with E-state index < -0.39 is 19.9 Å². The topological polar surface area (TPSA) is 71.5 Å². The average molecular weight is 343 g/mol. The lowest BCUT2D eigenvalue weighted by molar-refractivity contribution is 0.101. The lowest BCUT2D eigenvalue weighted by Gasteiger charge is -2.53. The summed E-state index contributed by atoms with van der Waals surface area (Å²) in [5, 5.41) is 2.41. The van der Waals surface area contributed by atoms with Gasteiger partial charge in [0.05, 0.1) is 11.5 Å². The van der Waals surface area contributed by atoms with Gasteiger partial charge in [-0.2, -0.15) is 4.31 Å². The Hall–Kier alpha value is -0.960. The van der Waals surface area contributed by atoms with Crippen molar-refractivity contribution in [2.75, 3.05) is 24.6 Å². The third-order valence-corrected chi connectivity index (χ3v) is 9.19. The van der Waals surface area contributed by atoms with Crippen LogP contribution < -0.4 is 0 Å². The van der Waals surface area contributed by atoms with Crippen molar-refractivity contribution < 1.29 is 16.8 Å². The summed E-state index contributed by atoms with van der Waals surface area (Å²) in [6.07, 6.45) is 0. The van der Waals surface area contributed by atoms with Gasteiger partial charge in [-0.15, -0.1) is 11.3 Å². The zero-order valence-electron chi connectivity index (χ0n) is 11.0. The van der Waals surface area contributed by atoms with Crippen LogP contribution in [0.2, 0.25) is 0 Å². The molecule has 0 N–H and O–H groups in total. The summed E-state index contributed by atoms with van der Waals surface area (Å²) < 4.78 is 50.2. The van der Waals surface area contributed by atoms with Gasteiger partial charge in [0.2, 0.25) is 10.0 Å². The molecule has 2 aliphatic heterocycles. The van der Waals surface area contributed by atoms with Crippen LogP contribution in [-0.4, -0.2) is 45.7 Å². The fourth-order valence-corrected chi connectivity index (χ4v) is 8.52. The zero-order valence-corrected chi connectivity index (χ0v) is 13.5. The maximum Gasteiger partial charge on any atom is 0.244 e. The smallest absolute Gasteiger partial charge is 0.229 e. The molecule has 8 heteroatoms. The summed E-state index contributed by atoms with van der Waals surface area (Å²) in [6.45, 7) is 0.636. The summed E-state index contributed by atoms with van der Waals surface area (Å²) in [7, 11) is -6.45. The summed E-state index contributed by atoms with van der Waals surface area (Å²) >= 11 is 1.41. The fraction of sp³-hybridized carbons (Fsp3) is 0.385. The summed E-state index contributed by atoms with van der Waals surface area (Å²) in [4.78, 5) is 0.333. The molecule has 2 fully saturated rings. The monoisotopic (exact) mass is 343 g/mol. The van der Waals surface area contributed by atoms with E-state index in [0.29, 0.717) is 18.0 Å². The summed E-state index contributed by atoms with van der Waals surface area (Å²) in [6, 6.07) is 7.41. The molecule has 2 saturated heterocycles. The Bertz CT molecular complexity index is 923. The highest BCUT2D eigenvalue weighted by Crippen LogP contribution is 2.44. The van der Waals surface area contributed by atoms with Crippen LogP contribution in [0.4, 0.5) is 0 Å². The zero-order chi connectivity index (χ0) is 14.9. The fourth-order valence-electron chi connectivity index (χ4n) is 3.24. The molecule has 2 aromatic rings. The molecule has 4 rings (SSSR count). The van der Waals surface area contributed by atoms with Gasteiger partial charge in [-0.25, -0.2) is 16.8 Å². The van der Waals surface area contributed by atoms with Gasteiger partial charge in [0.15, 0.2) is 9.84 Å². The van der Waals surface area contributed by atoms with Crippen molar-refractivity contribution in [3.05, 3.63) is 29.6 Å². The molecule has 0 amide bonds. The predicted octanol–water partition coefficient (Wildman–Crippen LogP) is 1.32. The van der Waals surface area contributed by atoms with E-state index in [9.17, 15) is 16.8 Å². The molecule has 0 saturated carbocycles. The molecule has 21 heavy (non-hydrogen) atoms. The molecule has 0 atom stereocenters. The van der Waals surface area contributed by atoms with Crippen LogP contribution in [0.3, 0.4) is 0 Å². The molecular formula is C13H13NO4S3. The van der Waals surface area contributed by atoms with E-state index >= 15 is 0 Å². The third kappa shape index (κ3) is 1.97. The summed E-state index contributed by atoms with van der Waals surface area (Å²) in [5.41, 5.74) is -0.322. The molecule has 0 bridgehead atoms. The lowest BCUT2D eigenvalue weighted by atomic mass is 9.85. The predicted molar refractivity (Wildman–Crippen MR) is 81.7 cm³/mol. The van der Waals surface area contributed by atoms with Crippen LogP contribution >= 0.6 is 11.3 Å². The minimum Gasteiger partial charge on any atom is -0.229 e. The van der Waals surface area contributed by atoms with Crippen LogP contribution in [0.5, 0.6) is 0 Å². The molecule has 2 aliphatic rings. The first-order chi connectivity index (χ1) is 9.81. The third-order valence-electron chi connectivity index (χ3n) is 4.14. The molecule has 112 valence electrons. The number of rotatable bonds is 2. The van der Waals surface area contributed by atoms with E-state index in [2.05, 4.69) is 0 Å². The first kappa shape index (κ1) is 13.7. The molecule has 0 unspecified atom stereocenters. The standard InChI is InChI=1S/C13H13NO4S3/c15-20(16)8-13(9-20)6-14(7-13)21(17,18)12-5-19-11-4-2-1-3-10(11)12/h1-5H,6-9H2. The highest BCUT2D eigenvalue weighted by atomic mass is 32.2. The van der Waals surface area contributed by atoms with Crippen LogP contribution in [-0.2, 0) is 19.9 Å². The molecule has 5 nitrogen and oxygen atoms in total. The molecule has 1 aromatic carbocycles. The SMILES string of the molecule is O=S1(=O)CC2(CN(S(=O)(=O)c3csc4ccccc34)C2)C1. The summed E-state index contributed by atoms with van der Waals surface area (Å²) in [5.74, 6) is 0.243. The highest BCUT2D eigenvalue weighted by Gasteiger charge is 2.58. The lowest BCUT2D eigenvalue weighted by Crippen LogP contribution is -2.69. The normalized spacial score (nSPS) is 23.8. The number of sulfone groups is 1. The van der Waals surface area contributed by atoms with Crippen molar-refractivity contribution in [1.82, 2.24) is 4.31 Å². The molecular weight excluding hydrogens is 330 g/mol. The first-order valence-electron chi connectivity index (χ1n) is 6.48. The van der Waals surface area contributed by atoms with Crippen LogP contribution in [0.15, 0.2) is 34.5 Å². The van der Waals surface area contributed by atoms with Gasteiger partial charge < -0.3 is 0 Å². The number of hydrogen-bond acceptors (Lipinski definition) is 5. The van der Waals surface area contributed by atoms with Gasteiger partial charge in [-0.1, -0.05) is 18.2 Å². The molecule has 1 spiro atoms. The van der Waals surface area contributed by atoms with Crippen molar-refractivity contribution in [3.63, 3.8) is 0 Å². The van der Waals surface area contributed by atoms with E-state index in [4.69, 9.17) is 0 Å². The minimum atomic E-state index is -3.52.